The molecule has 128 valence electrons. The second-order valence-electron chi connectivity index (χ2n) is 5.56. The van der Waals surface area contributed by atoms with Gasteiger partial charge in [-0.15, -0.1) is 0 Å². The summed E-state index contributed by atoms with van der Waals surface area (Å²) in [6.07, 6.45) is 1.01. The maximum atomic E-state index is 12.1. The number of amides is 2. The van der Waals surface area contributed by atoms with Crippen LogP contribution in [0.3, 0.4) is 0 Å². The van der Waals surface area contributed by atoms with Crippen LogP contribution in [0.5, 0.6) is 0 Å². The Morgan fingerprint density at radius 2 is 1.88 bits per heavy atom. The number of anilines is 2. The highest BCUT2D eigenvalue weighted by atomic mass is 35.5. The Hall–Kier alpha value is -2.44. The van der Waals surface area contributed by atoms with Gasteiger partial charge >= 0.3 is 0 Å². The molecule has 0 bridgehead atoms. The molecule has 5 nitrogen and oxygen atoms in total. The number of hydrogen-bond donors (Lipinski definition) is 2. The van der Waals surface area contributed by atoms with Crippen LogP contribution in [0.4, 0.5) is 10.8 Å². The number of thiazole rings is 1. The van der Waals surface area contributed by atoms with Crippen molar-refractivity contribution in [3.05, 3.63) is 53.1 Å². The van der Waals surface area contributed by atoms with Gasteiger partial charge in [0.15, 0.2) is 5.13 Å². The van der Waals surface area contributed by atoms with Gasteiger partial charge in [0.05, 0.1) is 10.2 Å². The van der Waals surface area contributed by atoms with Gasteiger partial charge in [0.1, 0.15) is 0 Å². The third kappa shape index (κ3) is 4.78. The zero-order valence-electron chi connectivity index (χ0n) is 13.5. The van der Waals surface area contributed by atoms with E-state index in [0.29, 0.717) is 28.7 Å². The lowest BCUT2D eigenvalue weighted by atomic mass is 10.1. The fourth-order valence-electron chi connectivity index (χ4n) is 2.35. The summed E-state index contributed by atoms with van der Waals surface area (Å²) in [6.45, 7) is 1.46. The van der Waals surface area contributed by atoms with Crippen molar-refractivity contribution in [2.24, 2.45) is 0 Å². The summed E-state index contributed by atoms with van der Waals surface area (Å²) in [7, 11) is 0. The van der Waals surface area contributed by atoms with E-state index in [1.54, 1.807) is 6.07 Å². The minimum absolute atomic E-state index is 0.0870. The molecule has 3 rings (SSSR count). The molecule has 0 saturated carbocycles. The molecule has 7 heteroatoms. The topological polar surface area (TPSA) is 71.1 Å². The highest BCUT2D eigenvalue weighted by Gasteiger charge is 2.09. The van der Waals surface area contributed by atoms with Gasteiger partial charge in [-0.1, -0.05) is 35.1 Å². The Bertz CT molecular complexity index is 922. The van der Waals surface area contributed by atoms with Crippen molar-refractivity contribution < 1.29 is 9.59 Å². The summed E-state index contributed by atoms with van der Waals surface area (Å²) in [4.78, 5) is 27.6. The van der Waals surface area contributed by atoms with Gasteiger partial charge < -0.3 is 10.6 Å². The number of rotatable bonds is 5. The van der Waals surface area contributed by atoms with Crippen molar-refractivity contribution in [2.75, 3.05) is 10.6 Å². The predicted molar refractivity (Wildman–Crippen MR) is 102 cm³/mol. The first kappa shape index (κ1) is 17.4. The van der Waals surface area contributed by atoms with Crippen LogP contribution in [0.15, 0.2) is 42.5 Å². The first-order chi connectivity index (χ1) is 12.0. The number of aromatic nitrogens is 1. The van der Waals surface area contributed by atoms with E-state index < -0.39 is 0 Å². The van der Waals surface area contributed by atoms with Crippen LogP contribution in [0.2, 0.25) is 5.02 Å². The van der Waals surface area contributed by atoms with Crippen LogP contribution in [-0.4, -0.2) is 16.8 Å². The van der Waals surface area contributed by atoms with Crippen LogP contribution < -0.4 is 10.6 Å². The minimum Gasteiger partial charge on any atom is -0.326 e. The number of nitrogens with zero attached hydrogens (tertiary/aromatic N) is 1. The molecule has 0 atom stereocenters. The molecule has 2 amide bonds. The Morgan fingerprint density at radius 1 is 1.12 bits per heavy atom. The highest BCUT2D eigenvalue weighted by molar-refractivity contribution is 7.22. The van der Waals surface area contributed by atoms with Gasteiger partial charge in [0, 0.05) is 24.1 Å². The van der Waals surface area contributed by atoms with Crippen molar-refractivity contribution >= 4 is 55.8 Å². The molecule has 0 aliphatic carbocycles. The van der Waals surface area contributed by atoms with Gasteiger partial charge in [-0.05, 0) is 42.3 Å². The van der Waals surface area contributed by atoms with Crippen LogP contribution >= 0.6 is 22.9 Å². The van der Waals surface area contributed by atoms with E-state index >= 15 is 0 Å². The number of halogens is 1. The smallest absolute Gasteiger partial charge is 0.226 e. The lowest BCUT2D eigenvalue weighted by Gasteiger charge is -2.02. The molecule has 0 saturated heterocycles. The summed E-state index contributed by atoms with van der Waals surface area (Å²) in [5.74, 6) is -0.212. The molecule has 0 unspecified atom stereocenters. The van der Waals surface area contributed by atoms with Gasteiger partial charge in [0.2, 0.25) is 11.8 Å². The summed E-state index contributed by atoms with van der Waals surface area (Å²) in [6, 6.07) is 12.9. The molecule has 0 aliphatic rings. The quantitative estimate of drug-likeness (QED) is 0.692. The van der Waals surface area contributed by atoms with Gasteiger partial charge in [-0.3, -0.25) is 9.59 Å². The van der Waals surface area contributed by atoms with Crippen molar-refractivity contribution in [2.45, 2.75) is 19.8 Å². The van der Waals surface area contributed by atoms with E-state index in [1.807, 2.05) is 36.4 Å². The van der Waals surface area contributed by atoms with Crippen molar-refractivity contribution in [3.8, 4) is 0 Å². The van der Waals surface area contributed by atoms with Crippen molar-refractivity contribution in [1.29, 1.82) is 0 Å². The zero-order chi connectivity index (χ0) is 17.8. The average Bonchev–Trinajstić information content (AvgIpc) is 2.95. The normalized spacial score (nSPS) is 10.6. The van der Waals surface area contributed by atoms with E-state index in [2.05, 4.69) is 15.6 Å². The van der Waals surface area contributed by atoms with Gasteiger partial charge in [-0.2, -0.15) is 0 Å². The van der Waals surface area contributed by atoms with Crippen LogP contribution in [-0.2, 0) is 16.0 Å². The van der Waals surface area contributed by atoms with E-state index in [4.69, 9.17) is 11.6 Å². The number of nitrogens with one attached hydrogen (secondary N) is 2. The third-order valence-electron chi connectivity index (χ3n) is 3.51. The molecule has 3 aromatic rings. The average molecular weight is 374 g/mol. The number of aryl methyl sites for hydroxylation is 1. The maximum absolute atomic E-state index is 12.1. The van der Waals surface area contributed by atoms with Gasteiger partial charge in [0.25, 0.3) is 0 Å². The lowest BCUT2D eigenvalue weighted by Crippen LogP contribution is -2.11. The number of carbonyl (C=O) groups is 2. The minimum atomic E-state index is -0.125. The van der Waals surface area contributed by atoms with Gasteiger partial charge in [-0.25, -0.2) is 4.98 Å². The molecule has 1 aromatic heterocycles. The summed E-state index contributed by atoms with van der Waals surface area (Å²) >= 11 is 7.23. The Morgan fingerprint density at radius 3 is 2.60 bits per heavy atom. The molecule has 1 heterocycles. The van der Waals surface area contributed by atoms with Crippen LogP contribution in [0.25, 0.3) is 10.2 Å². The summed E-state index contributed by atoms with van der Waals surface area (Å²) < 4.78 is 0.902. The predicted octanol–water partition coefficient (Wildman–Crippen LogP) is 4.48. The van der Waals surface area contributed by atoms with Crippen molar-refractivity contribution in [1.82, 2.24) is 4.98 Å². The zero-order valence-corrected chi connectivity index (χ0v) is 15.1. The molecule has 2 aromatic carbocycles. The van der Waals surface area contributed by atoms with Crippen LogP contribution in [0, 0.1) is 0 Å². The van der Waals surface area contributed by atoms with Crippen molar-refractivity contribution in [3.63, 3.8) is 0 Å². The first-order valence-corrected chi connectivity index (χ1v) is 8.91. The fraction of sp³-hybridized carbons (Fsp3) is 0.167. The van der Waals surface area contributed by atoms with Crippen LogP contribution in [0.1, 0.15) is 18.9 Å². The largest absolute Gasteiger partial charge is 0.326 e. The molecular weight excluding hydrogens is 358 g/mol. The monoisotopic (exact) mass is 373 g/mol. The fourth-order valence-corrected chi connectivity index (χ4v) is 3.40. The highest BCUT2D eigenvalue weighted by Crippen LogP contribution is 2.28. The molecule has 0 radical (unpaired) electrons. The molecule has 0 spiro atoms. The lowest BCUT2D eigenvalue weighted by molar-refractivity contribution is -0.116. The maximum Gasteiger partial charge on any atom is 0.226 e. The Labute approximate surface area is 154 Å². The van der Waals surface area contributed by atoms with E-state index in [-0.39, 0.29) is 11.8 Å². The second-order valence-corrected chi connectivity index (χ2v) is 7.02. The third-order valence-corrected chi connectivity index (χ3v) is 4.69. The van der Waals surface area contributed by atoms with E-state index in [9.17, 15) is 9.59 Å². The Kier molecular flexibility index (Phi) is 5.31. The SMILES string of the molecule is CC(=O)Nc1ccc2nc(NC(=O)CCc3ccc(Cl)cc3)sc2c1. The first-order valence-electron chi connectivity index (χ1n) is 7.72. The van der Waals surface area contributed by atoms with E-state index in [1.165, 1.54) is 18.3 Å². The van der Waals surface area contributed by atoms with E-state index in [0.717, 1.165) is 15.8 Å². The molecule has 0 aliphatic heterocycles. The number of benzene rings is 2. The Balaban J connectivity index is 1.62. The molecule has 0 fully saturated rings. The molecule has 2 N–H and O–H groups in total. The molecular formula is C18H16ClN3O2S. The summed E-state index contributed by atoms with van der Waals surface area (Å²) in [5.41, 5.74) is 2.56. The second kappa shape index (κ2) is 7.63. The molecule has 25 heavy (non-hydrogen) atoms. The standard InChI is InChI=1S/C18H16ClN3O2S/c1-11(23)20-14-7-8-15-16(10-14)25-18(21-15)22-17(24)9-4-12-2-5-13(19)6-3-12/h2-3,5-8,10H,4,9H2,1H3,(H,20,23)(H,21,22,24). The number of carbonyl (C=O) groups excluding carboxylic acids is 2. The number of fused-ring (bicyclic) bond motifs is 1. The summed E-state index contributed by atoms with van der Waals surface area (Å²) in [5, 5.41) is 6.79. The number of hydrogen-bond acceptors (Lipinski definition) is 4.